The fourth-order valence-electron chi connectivity index (χ4n) is 1.52. The Bertz CT molecular complexity index is 635. The normalized spacial score (nSPS) is 10.6. The van der Waals surface area contributed by atoms with Crippen molar-refractivity contribution < 1.29 is 14.3 Å². The first-order chi connectivity index (χ1) is 8.47. The van der Waals surface area contributed by atoms with Crippen LogP contribution in [-0.4, -0.2) is 20.6 Å². The molecule has 0 bridgehead atoms. The molecule has 0 amide bonds. The van der Waals surface area contributed by atoms with Crippen molar-refractivity contribution in [3.05, 3.63) is 51.6 Å². The minimum absolute atomic E-state index is 0.0315. The molecule has 0 radical (unpaired) electrons. The van der Waals surface area contributed by atoms with Crippen molar-refractivity contribution in [1.82, 2.24) is 9.55 Å². The van der Waals surface area contributed by atoms with E-state index in [1.54, 1.807) is 6.92 Å². The van der Waals surface area contributed by atoms with E-state index < -0.39 is 11.5 Å². The molecular formula is C12H12N2O4. The summed E-state index contributed by atoms with van der Waals surface area (Å²) in [6, 6.07) is 2.44. The van der Waals surface area contributed by atoms with Crippen molar-refractivity contribution in [3.8, 4) is 0 Å². The summed E-state index contributed by atoms with van der Waals surface area (Å²) in [7, 11) is 0. The zero-order valence-electron chi connectivity index (χ0n) is 10.0. The fraction of sp³-hybridized carbons (Fsp3) is 0.250. The van der Waals surface area contributed by atoms with E-state index >= 15 is 0 Å². The summed E-state index contributed by atoms with van der Waals surface area (Å²) in [5.41, 5.74) is 0.347. The number of rotatable bonds is 3. The van der Waals surface area contributed by atoms with Gasteiger partial charge in [-0.2, -0.15) is 0 Å². The Kier molecular flexibility index (Phi) is 3.01. The molecule has 0 atom stereocenters. The third kappa shape index (κ3) is 2.32. The third-order valence-electron chi connectivity index (χ3n) is 2.62. The van der Waals surface area contributed by atoms with Gasteiger partial charge in [-0.25, -0.2) is 9.78 Å². The highest BCUT2D eigenvalue weighted by Crippen LogP contribution is 2.09. The van der Waals surface area contributed by atoms with E-state index in [9.17, 15) is 9.59 Å². The van der Waals surface area contributed by atoms with Crippen molar-refractivity contribution in [1.29, 1.82) is 0 Å². The number of nitrogens with zero attached hydrogens (tertiary/aromatic N) is 2. The number of carboxylic acid groups (broad SMARTS) is 1. The van der Waals surface area contributed by atoms with Crippen molar-refractivity contribution >= 4 is 5.97 Å². The minimum Gasteiger partial charge on any atom is -0.478 e. The van der Waals surface area contributed by atoms with Crippen LogP contribution < -0.4 is 5.56 Å². The number of oxazole rings is 1. The molecule has 0 aliphatic carbocycles. The predicted octanol–water partition coefficient (Wildman–Crippen LogP) is 1.20. The van der Waals surface area contributed by atoms with Crippen LogP contribution >= 0.6 is 0 Å². The first kappa shape index (κ1) is 12.1. The van der Waals surface area contributed by atoms with Gasteiger partial charge in [0, 0.05) is 12.3 Å². The van der Waals surface area contributed by atoms with E-state index in [-0.39, 0.29) is 12.1 Å². The van der Waals surface area contributed by atoms with Crippen LogP contribution in [0, 0.1) is 13.8 Å². The Morgan fingerprint density at radius 1 is 1.50 bits per heavy atom. The number of carbonyl (C=O) groups is 1. The van der Waals surface area contributed by atoms with Gasteiger partial charge in [0.15, 0.2) is 0 Å². The maximum atomic E-state index is 11.7. The van der Waals surface area contributed by atoms with E-state index in [1.807, 2.05) is 6.92 Å². The predicted molar refractivity (Wildman–Crippen MR) is 62.7 cm³/mol. The number of hydrogen-bond acceptors (Lipinski definition) is 4. The lowest BCUT2D eigenvalue weighted by Crippen LogP contribution is -2.20. The minimum atomic E-state index is -1.12. The summed E-state index contributed by atoms with van der Waals surface area (Å²) in [6.07, 6.45) is 1.42. The van der Waals surface area contributed by atoms with Gasteiger partial charge >= 0.3 is 5.97 Å². The van der Waals surface area contributed by atoms with Gasteiger partial charge in [-0.05, 0) is 19.9 Å². The molecule has 0 aliphatic heterocycles. The second-order valence-corrected chi connectivity index (χ2v) is 3.94. The van der Waals surface area contributed by atoms with E-state index in [4.69, 9.17) is 9.52 Å². The average Bonchev–Trinajstić information content (AvgIpc) is 2.61. The van der Waals surface area contributed by atoms with Crippen LogP contribution in [-0.2, 0) is 6.54 Å². The van der Waals surface area contributed by atoms with Crippen LogP contribution in [0.25, 0.3) is 0 Å². The van der Waals surface area contributed by atoms with Crippen LogP contribution in [0.4, 0.5) is 0 Å². The standard InChI is InChI=1S/C12H12N2O4/c1-7-8(2)18-10(13-7)6-14-4-3-9(12(16)17)5-11(14)15/h3-5H,6H2,1-2H3,(H,16,17). The zero-order chi connectivity index (χ0) is 13.3. The molecule has 1 N–H and O–H groups in total. The molecule has 0 fully saturated rings. The molecule has 6 nitrogen and oxygen atoms in total. The van der Waals surface area contributed by atoms with Crippen LogP contribution in [0.2, 0.25) is 0 Å². The average molecular weight is 248 g/mol. The highest BCUT2D eigenvalue weighted by Gasteiger charge is 2.09. The van der Waals surface area contributed by atoms with Gasteiger partial charge in [-0.3, -0.25) is 4.79 Å². The molecule has 0 saturated heterocycles. The molecule has 0 spiro atoms. The number of aromatic nitrogens is 2. The summed E-state index contributed by atoms with van der Waals surface area (Å²) in [5.74, 6) is 0.0115. The third-order valence-corrected chi connectivity index (χ3v) is 2.62. The lowest BCUT2D eigenvalue weighted by Gasteiger charge is -2.02. The second kappa shape index (κ2) is 4.48. The largest absolute Gasteiger partial charge is 0.478 e. The van der Waals surface area contributed by atoms with E-state index in [1.165, 1.54) is 16.8 Å². The van der Waals surface area contributed by atoms with Gasteiger partial charge in [-0.1, -0.05) is 0 Å². The quantitative estimate of drug-likeness (QED) is 0.882. The van der Waals surface area contributed by atoms with E-state index in [2.05, 4.69) is 4.98 Å². The van der Waals surface area contributed by atoms with Crippen LogP contribution in [0.3, 0.4) is 0 Å². The lowest BCUT2D eigenvalue weighted by molar-refractivity contribution is 0.0696. The Labute approximate surface area is 103 Å². The second-order valence-electron chi connectivity index (χ2n) is 3.94. The monoisotopic (exact) mass is 248 g/mol. The maximum Gasteiger partial charge on any atom is 0.335 e. The highest BCUT2D eigenvalue weighted by atomic mass is 16.4. The van der Waals surface area contributed by atoms with Gasteiger partial charge in [0.05, 0.1) is 11.3 Å². The molecule has 0 aliphatic rings. The molecule has 0 unspecified atom stereocenters. The molecule has 2 rings (SSSR count). The van der Waals surface area contributed by atoms with E-state index in [0.29, 0.717) is 11.7 Å². The van der Waals surface area contributed by atoms with Crippen molar-refractivity contribution in [3.63, 3.8) is 0 Å². The van der Waals surface area contributed by atoms with Gasteiger partial charge in [0.25, 0.3) is 5.56 Å². The van der Waals surface area contributed by atoms with Crippen LogP contribution in [0.1, 0.15) is 27.7 Å². The van der Waals surface area contributed by atoms with Gasteiger partial charge < -0.3 is 14.1 Å². The first-order valence-electron chi connectivity index (χ1n) is 5.34. The number of carboxylic acids is 1. The molecule has 0 saturated carbocycles. The molecule has 6 heteroatoms. The fourth-order valence-corrected chi connectivity index (χ4v) is 1.52. The number of aromatic carboxylic acids is 1. The first-order valence-corrected chi connectivity index (χ1v) is 5.34. The molecule has 2 aromatic rings. The maximum absolute atomic E-state index is 11.7. The molecule has 0 aromatic carbocycles. The Hall–Kier alpha value is -2.37. The molecule has 2 aromatic heterocycles. The van der Waals surface area contributed by atoms with Crippen molar-refractivity contribution in [2.75, 3.05) is 0 Å². The topological polar surface area (TPSA) is 85.3 Å². The Balaban J connectivity index is 2.30. The smallest absolute Gasteiger partial charge is 0.335 e. The summed E-state index contributed by atoms with van der Waals surface area (Å²) in [4.78, 5) is 26.5. The van der Waals surface area contributed by atoms with Gasteiger partial charge in [-0.15, -0.1) is 0 Å². The summed E-state index contributed by atoms with van der Waals surface area (Å²) >= 11 is 0. The molecule has 94 valence electrons. The van der Waals surface area contributed by atoms with Gasteiger partial charge in [0.2, 0.25) is 5.89 Å². The summed E-state index contributed by atoms with van der Waals surface area (Å²) < 4.78 is 6.71. The van der Waals surface area contributed by atoms with Crippen LogP contribution in [0.15, 0.2) is 27.5 Å². The number of hydrogen-bond donors (Lipinski definition) is 1. The summed E-state index contributed by atoms with van der Waals surface area (Å²) in [6.45, 7) is 3.80. The Morgan fingerprint density at radius 2 is 2.22 bits per heavy atom. The van der Waals surface area contributed by atoms with Gasteiger partial charge in [0.1, 0.15) is 12.3 Å². The number of pyridine rings is 1. The number of aryl methyl sites for hydroxylation is 2. The summed E-state index contributed by atoms with van der Waals surface area (Å²) in [5, 5.41) is 8.75. The van der Waals surface area contributed by atoms with E-state index in [0.717, 1.165) is 11.8 Å². The molecule has 18 heavy (non-hydrogen) atoms. The lowest BCUT2D eigenvalue weighted by atomic mass is 10.3. The van der Waals surface area contributed by atoms with Crippen LogP contribution in [0.5, 0.6) is 0 Å². The highest BCUT2D eigenvalue weighted by molar-refractivity contribution is 5.87. The Morgan fingerprint density at radius 3 is 2.72 bits per heavy atom. The zero-order valence-corrected chi connectivity index (χ0v) is 10.0. The molecule has 2 heterocycles. The van der Waals surface area contributed by atoms with Crippen molar-refractivity contribution in [2.24, 2.45) is 0 Å². The van der Waals surface area contributed by atoms with Crippen molar-refractivity contribution in [2.45, 2.75) is 20.4 Å². The SMILES string of the molecule is Cc1nc(Cn2ccc(C(=O)O)cc2=O)oc1C. The molecular weight excluding hydrogens is 236 g/mol.